The molecule has 1 amide bonds. The van der Waals surface area contributed by atoms with Crippen molar-refractivity contribution in [2.45, 2.75) is 38.9 Å². The predicted octanol–water partition coefficient (Wildman–Crippen LogP) is 0.724. The number of amides is 1. The Labute approximate surface area is 143 Å². The van der Waals surface area contributed by atoms with Gasteiger partial charge >= 0.3 is 7.12 Å². The molecular formula is C17H26BNO5. The van der Waals surface area contributed by atoms with E-state index < -0.39 is 7.12 Å². The van der Waals surface area contributed by atoms with Crippen LogP contribution < -0.4 is 10.8 Å². The molecule has 0 radical (unpaired) electrons. The van der Waals surface area contributed by atoms with Gasteiger partial charge in [-0.25, -0.2) is 0 Å². The molecule has 24 heavy (non-hydrogen) atoms. The maximum atomic E-state index is 12.0. The van der Waals surface area contributed by atoms with Crippen LogP contribution in [-0.4, -0.2) is 55.7 Å². The van der Waals surface area contributed by atoms with Crippen LogP contribution in [0, 0.1) is 0 Å². The molecule has 0 aromatic heterocycles. The average molecular weight is 335 g/mol. The normalized spacial score (nSPS) is 18.6. The maximum Gasteiger partial charge on any atom is 0.494 e. The van der Waals surface area contributed by atoms with E-state index in [9.17, 15) is 4.79 Å². The summed E-state index contributed by atoms with van der Waals surface area (Å²) < 4.78 is 17.1. The van der Waals surface area contributed by atoms with Gasteiger partial charge in [0.25, 0.3) is 5.91 Å². The van der Waals surface area contributed by atoms with Crippen LogP contribution in [0.4, 0.5) is 0 Å². The lowest BCUT2D eigenvalue weighted by atomic mass is 9.79. The molecule has 0 saturated carbocycles. The molecule has 0 aliphatic carbocycles. The molecule has 1 aromatic carbocycles. The predicted molar refractivity (Wildman–Crippen MR) is 92.4 cm³/mol. The average Bonchev–Trinajstić information content (AvgIpc) is 2.75. The number of carbonyl (C=O) groups is 1. The summed E-state index contributed by atoms with van der Waals surface area (Å²) >= 11 is 0. The first kappa shape index (κ1) is 18.9. The van der Waals surface area contributed by atoms with Gasteiger partial charge < -0.3 is 24.5 Å². The number of aliphatic hydroxyl groups excluding tert-OH is 1. The van der Waals surface area contributed by atoms with E-state index in [0.717, 1.165) is 5.46 Å². The van der Waals surface area contributed by atoms with E-state index in [1.807, 2.05) is 39.8 Å². The molecule has 0 atom stereocenters. The lowest BCUT2D eigenvalue weighted by Crippen LogP contribution is -2.41. The van der Waals surface area contributed by atoms with Crippen LogP contribution in [0.3, 0.4) is 0 Å². The Balaban J connectivity index is 1.90. The number of nitrogens with one attached hydrogen (secondary N) is 1. The quantitative estimate of drug-likeness (QED) is 0.567. The van der Waals surface area contributed by atoms with Crippen molar-refractivity contribution in [3.05, 3.63) is 29.8 Å². The minimum absolute atomic E-state index is 0.0195. The summed E-state index contributed by atoms with van der Waals surface area (Å²) in [5.41, 5.74) is 0.679. The fourth-order valence-corrected chi connectivity index (χ4v) is 2.28. The van der Waals surface area contributed by atoms with E-state index in [1.54, 1.807) is 12.1 Å². The molecular weight excluding hydrogens is 309 g/mol. The van der Waals surface area contributed by atoms with Gasteiger partial charge in [-0.15, -0.1) is 0 Å². The molecule has 1 aliphatic rings. The number of hydrogen-bond acceptors (Lipinski definition) is 5. The monoisotopic (exact) mass is 335 g/mol. The third-order valence-electron chi connectivity index (χ3n) is 4.47. The van der Waals surface area contributed by atoms with E-state index in [-0.39, 0.29) is 30.3 Å². The Hall–Kier alpha value is -1.41. The molecule has 132 valence electrons. The molecule has 0 bridgehead atoms. The van der Waals surface area contributed by atoms with Crippen LogP contribution in [-0.2, 0) is 14.0 Å². The van der Waals surface area contributed by atoms with E-state index in [4.69, 9.17) is 19.2 Å². The Morgan fingerprint density at radius 1 is 1.12 bits per heavy atom. The Bertz CT molecular complexity index is 543. The Morgan fingerprint density at radius 2 is 1.71 bits per heavy atom. The summed E-state index contributed by atoms with van der Waals surface area (Å²) in [5, 5.41) is 11.4. The number of ether oxygens (including phenoxy) is 1. The van der Waals surface area contributed by atoms with Gasteiger partial charge in [-0.05, 0) is 45.3 Å². The van der Waals surface area contributed by atoms with Gasteiger partial charge in [-0.3, -0.25) is 4.79 Å². The van der Waals surface area contributed by atoms with Gasteiger partial charge in [-0.2, -0.15) is 0 Å². The third kappa shape index (κ3) is 4.36. The van der Waals surface area contributed by atoms with Crippen molar-refractivity contribution in [1.82, 2.24) is 5.32 Å². The topological polar surface area (TPSA) is 77.0 Å². The molecule has 1 fully saturated rings. The summed E-state index contributed by atoms with van der Waals surface area (Å²) in [7, 11) is -0.431. The lowest BCUT2D eigenvalue weighted by Gasteiger charge is -2.32. The minimum Gasteiger partial charge on any atom is -0.399 e. The van der Waals surface area contributed by atoms with Crippen LogP contribution in [0.25, 0.3) is 0 Å². The van der Waals surface area contributed by atoms with Gasteiger partial charge in [-0.1, -0.05) is 12.1 Å². The van der Waals surface area contributed by atoms with Crippen molar-refractivity contribution in [2.24, 2.45) is 0 Å². The molecule has 1 heterocycles. The third-order valence-corrected chi connectivity index (χ3v) is 4.47. The molecule has 0 unspecified atom stereocenters. The first-order chi connectivity index (χ1) is 11.3. The van der Waals surface area contributed by atoms with Crippen molar-refractivity contribution < 1.29 is 23.9 Å². The van der Waals surface area contributed by atoms with E-state index in [1.165, 1.54) is 0 Å². The summed E-state index contributed by atoms with van der Waals surface area (Å²) in [6.45, 7) is 9.06. The van der Waals surface area contributed by atoms with Crippen LogP contribution >= 0.6 is 0 Å². The van der Waals surface area contributed by atoms with Crippen molar-refractivity contribution in [3.8, 4) is 0 Å². The summed E-state index contributed by atoms with van der Waals surface area (Å²) in [6, 6.07) is 7.20. The number of carbonyl (C=O) groups excluding carboxylic acids is 1. The minimum atomic E-state index is -0.431. The van der Waals surface area contributed by atoms with E-state index in [0.29, 0.717) is 18.7 Å². The second-order valence-electron chi connectivity index (χ2n) is 6.80. The van der Waals surface area contributed by atoms with Gasteiger partial charge in [0.15, 0.2) is 0 Å². The second kappa shape index (κ2) is 7.65. The molecule has 6 nitrogen and oxygen atoms in total. The van der Waals surface area contributed by atoms with Gasteiger partial charge in [0, 0.05) is 12.1 Å². The maximum absolute atomic E-state index is 12.0. The molecule has 7 heteroatoms. The number of benzene rings is 1. The zero-order valence-corrected chi connectivity index (χ0v) is 14.8. The molecule has 1 aromatic rings. The van der Waals surface area contributed by atoms with Crippen LogP contribution in [0.1, 0.15) is 38.1 Å². The fourth-order valence-electron chi connectivity index (χ4n) is 2.28. The largest absolute Gasteiger partial charge is 0.494 e. The van der Waals surface area contributed by atoms with Crippen LogP contribution in [0.2, 0.25) is 0 Å². The molecule has 2 rings (SSSR count). The van der Waals surface area contributed by atoms with Gasteiger partial charge in [0.1, 0.15) is 0 Å². The highest BCUT2D eigenvalue weighted by Gasteiger charge is 2.51. The van der Waals surface area contributed by atoms with E-state index in [2.05, 4.69) is 5.32 Å². The lowest BCUT2D eigenvalue weighted by molar-refractivity contribution is 0.00578. The van der Waals surface area contributed by atoms with Crippen molar-refractivity contribution in [2.75, 3.05) is 26.4 Å². The highest BCUT2D eigenvalue weighted by molar-refractivity contribution is 6.62. The zero-order chi connectivity index (χ0) is 17.8. The highest BCUT2D eigenvalue weighted by atomic mass is 16.7. The van der Waals surface area contributed by atoms with E-state index >= 15 is 0 Å². The molecule has 2 N–H and O–H groups in total. The number of aliphatic hydroxyl groups is 1. The molecule has 1 saturated heterocycles. The Kier molecular flexibility index (Phi) is 6.04. The van der Waals surface area contributed by atoms with Crippen molar-refractivity contribution >= 4 is 18.5 Å². The summed E-state index contributed by atoms with van der Waals surface area (Å²) in [4.78, 5) is 12.0. The smallest absolute Gasteiger partial charge is 0.399 e. The Morgan fingerprint density at radius 3 is 2.25 bits per heavy atom. The van der Waals surface area contributed by atoms with Crippen molar-refractivity contribution in [1.29, 1.82) is 0 Å². The highest BCUT2D eigenvalue weighted by Crippen LogP contribution is 2.36. The number of hydrogen-bond donors (Lipinski definition) is 2. The molecule has 1 aliphatic heterocycles. The van der Waals surface area contributed by atoms with Gasteiger partial charge in [0.2, 0.25) is 0 Å². The number of rotatable bonds is 7. The first-order valence-electron chi connectivity index (χ1n) is 8.19. The SMILES string of the molecule is CC1(C)OB(c2ccc(C(=O)NCCOCCO)cc2)OC1(C)C. The second-order valence-corrected chi connectivity index (χ2v) is 6.80. The van der Waals surface area contributed by atoms with Crippen LogP contribution in [0.5, 0.6) is 0 Å². The van der Waals surface area contributed by atoms with Gasteiger partial charge in [0.05, 0.1) is 31.0 Å². The fraction of sp³-hybridized carbons (Fsp3) is 0.588. The van der Waals surface area contributed by atoms with Crippen molar-refractivity contribution in [3.63, 3.8) is 0 Å². The molecule has 0 spiro atoms. The summed E-state index contributed by atoms with van der Waals surface area (Å²) in [6.07, 6.45) is 0. The van der Waals surface area contributed by atoms with Crippen LogP contribution in [0.15, 0.2) is 24.3 Å². The zero-order valence-electron chi connectivity index (χ0n) is 14.8. The first-order valence-corrected chi connectivity index (χ1v) is 8.19. The summed E-state index contributed by atoms with van der Waals surface area (Å²) in [5.74, 6) is -0.164. The standard InChI is InChI=1S/C17H26BNO5/c1-16(2)17(3,4)24-18(23-16)14-7-5-13(6-8-14)15(21)19-9-11-22-12-10-20/h5-8,20H,9-12H2,1-4H3,(H,19,21).